The second kappa shape index (κ2) is 4.52. The topological polar surface area (TPSA) is 0 Å². The fourth-order valence-electron chi connectivity index (χ4n) is 3.45. The third-order valence-electron chi connectivity index (χ3n) is 4.43. The molecule has 0 nitrogen and oxygen atoms in total. The van der Waals surface area contributed by atoms with Gasteiger partial charge in [-0.25, -0.2) is 0 Å². The van der Waals surface area contributed by atoms with Crippen molar-refractivity contribution in [1.82, 2.24) is 0 Å². The van der Waals surface area contributed by atoms with E-state index in [9.17, 15) is 0 Å². The Bertz CT molecular complexity index is 438. The molecular formula is C17H20. The number of allylic oxidation sites excluding steroid dienone is 4. The Labute approximate surface area is 104 Å². The largest absolute Gasteiger partial charge is 0.0808 e. The summed E-state index contributed by atoms with van der Waals surface area (Å²) in [5, 5.41) is 0. The van der Waals surface area contributed by atoms with Crippen molar-refractivity contribution < 1.29 is 0 Å². The molecule has 0 bridgehead atoms. The maximum atomic E-state index is 2.42. The van der Waals surface area contributed by atoms with Gasteiger partial charge in [-0.1, -0.05) is 61.9 Å². The minimum absolute atomic E-state index is 0.771. The van der Waals surface area contributed by atoms with Crippen LogP contribution < -0.4 is 0 Å². The van der Waals surface area contributed by atoms with E-state index in [2.05, 4.69) is 55.5 Å². The van der Waals surface area contributed by atoms with Crippen LogP contribution in [0.5, 0.6) is 0 Å². The summed E-state index contributed by atoms with van der Waals surface area (Å²) in [7, 11) is 0. The molecule has 0 heterocycles. The van der Waals surface area contributed by atoms with Crippen LogP contribution in [0, 0.1) is 17.8 Å². The molecule has 0 amide bonds. The lowest BCUT2D eigenvalue weighted by Crippen LogP contribution is -2.10. The van der Waals surface area contributed by atoms with Crippen LogP contribution in [0.2, 0.25) is 0 Å². The number of benzene rings is 1. The Morgan fingerprint density at radius 1 is 1.12 bits per heavy atom. The van der Waals surface area contributed by atoms with Crippen LogP contribution in [-0.2, 0) is 0 Å². The van der Waals surface area contributed by atoms with E-state index in [1.807, 2.05) is 0 Å². The standard InChI is InChI=1S/C17H20/c1-2-13-11-15-9-6-10-16(17(15)12-13)14-7-4-3-5-8-14/h3-10,13,15,17H,2,11-12H2,1H3. The first-order chi connectivity index (χ1) is 8.38. The highest BCUT2D eigenvalue weighted by atomic mass is 14.4. The zero-order valence-electron chi connectivity index (χ0n) is 10.5. The van der Waals surface area contributed by atoms with Gasteiger partial charge in [-0.2, -0.15) is 0 Å². The van der Waals surface area contributed by atoms with Gasteiger partial charge in [0.05, 0.1) is 0 Å². The summed E-state index contributed by atoms with van der Waals surface area (Å²) < 4.78 is 0. The first kappa shape index (κ1) is 10.8. The molecule has 0 heteroatoms. The molecule has 1 fully saturated rings. The summed E-state index contributed by atoms with van der Waals surface area (Å²) in [6, 6.07) is 10.9. The highest BCUT2D eigenvalue weighted by Gasteiger charge is 2.35. The Morgan fingerprint density at radius 2 is 1.94 bits per heavy atom. The fourth-order valence-corrected chi connectivity index (χ4v) is 3.45. The zero-order chi connectivity index (χ0) is 11.7. The fraction of sp³-hybridized carbons (Fsp3) is 0.412. The molecule has 0 spiro atoms. The molecule has 0 radical (unpaired) electrons. The van der Waals surface area contributed by atoms with Gasteiger partial charge >= 0.3 is 0 Å². The molecule has 0 saturated heterocycles. The Hall–Kier alpha value is -1.30. The summed E-state index contributed by atoms with van der Waals surface area (Å²) in [5.74, 6) is 2.49. The molecule has 0 aliphatic heterocycles. The van der Waals surface area contributed by atoms with Crippen molar-refractivity contribution in [3.8, 4) is 0 Å². The minimum atomic E-state index is 0.771. The van der Waals surface area contributed by atoms with E-state index >= 15 is 0 Å². The maximum Gasteiger partial charge on any atom is -0.00902 e. The van der Waals surface area contributed by atoms with Crippen molar-refractivity contribution >= 4 is 5.57 Å². The van der Waals surface area contributed by atoms with Crippen LogP contribution in [0.25, 0.3) is 5.57 Å². The summed E-state index contributed by atoms with van der Waals surface area (Å²) in [5.41, 5.74) is 2.98. The number of rotatable bonds is 2. The van der Waals surface area contributed by atoms with Crippen molar-refractivity contribution in [1.29, 1.82) is 0 Å². The van der Waals surface area contributed by atoms with E-state index in [0.29, 0.717) is 0 Å². The lowest BCUT2D eigenvalue weighted by atomic mass is 9.81. The zero-order valence-corrected chi connectivity index (χ0v) is 10.5. The van der Waals surface area contributed by atoms with Gasteiger partial charge in [-0.3, -0.25) is 0 Å². The molecule has 3 rings (SSSR count). The second-order valence-corrected chi connectivity index (χ2v) is 5.39. The van der Waals surface area contributed by atoms with Crippen molar-refractivity contribution in [3.05, 3.63) is 54.1 Å². The Kier molecular flexibility index (Phi) is 2.88. The van der Waals surface area contributed by atoms with Gasteiger partial charge in [0, 0.05) is 0 Å². The summed E-state index contributed by atoms with van der Waals surface area (Å²) in [4.78, 5) is 0. The van der Waals surface area contributed by atoms with E-state index in [0.717, 1.165) is 17.8 Å². The molecule has 0 aromatic heterocycles. The normalized spacial score (nSPS) is 31.1. The van der Waals surface area contributed by atoms with Gasteiger partial charge in [0.2, 0.25) is 0 Å². The Balaban J connectivity index is 1.91. The third kappa shape index (κ3) is 1.97. The van der Waals surface area contributed by atoms with E-state index in [1.54, 1.807) is 5.57 Å². The first-order valence-electron chi connectivity index (χ1n) is 6.82. The van der Waals surface area contributed by atoms with E-state index in [1.165, 1.54) is 24.8 Å². The SMILES string of the molecule is CCC1CC2C=CC=C(c3ccccc3)C2C1. The van der Waals surface area contributed by atoms with Crippen LogP contribution in [0.3, 0.4) is 0 Å². The van der Waals surface area contributed by atoms with Gasteiger partial charge in [-0.05, 0) is 41.7 Å². The number of hydrogen-bond acceptors (Lipinski definition) is 0. The minimum Gasteiger partial charge on any atom is -0.0808 e. The van der Waals surface area contributed by atoms with Crippen LogP contribution in [-0.4, -0.2) is 0 Å². The second-order valence-electron chi connectivity index (χ2n) is 5.39. The maximum absolute atomic E-state index is 2.42. The molecule has 3 unspecified atom stereocenters. The molecule has 1 aromatic carbocycles. The monoisotopic (exact) mass is 224 g/mol. The van der Waals surface area contributed by atoms with Gasteiger partial charge in [0.25, 0.3) is 0 Å². The van der Waals surface area contributed by atoms with Crippen LogP contribution in [0.4, 0.5) is 0 Å². The molecule has 17 heavy (non-hydrogen) atoms. The molecule has 1 saturated carbocycles. The average Bonchev–Trinajstić information content (AvgIpc) is 2.82. The van der Waals surface area contributed by atoms with Crippen LogP contribution in [0.15, 0.2) is 48.6 Å². The Morgan fingerprint density at radius 3 is 2.71 bits per heavy atom. The summed E-state index contributed by atoms with van der Waals surface area (Å²) in [6.07, 6.45) is 11.1. The van der Waals surface area contributed by atoms with Crippen molar-refractivity contribution in [2.75, 3.05) is 0 Å². The van der Waals surface area contributed by atoms with Crippen LogP contribution >= 0.6 is 0 Å². The molecule has 3 atom stereocenters. The highest BCUT2D eigenvalue weighted by Crippen LogP contribution is 2.47. The molecule has 88 valence electrons. The lowest BCUT2D eigenvalue weighted by Gasteiger charge is -2.23. The highest BCUT2D eigenvalue weighted by molar-refractivity contribution is 5.70. The summed E-state index contributed by atoms with van der Waals surface area (Å²) in [6.45, 7) is 2.33. The van der Waals surface area contributed by atoms with Crippen LogP contribution in [0.1, 0.15) is 31.7 Å². The van der Waals surface area contributed by atoms with Crippen molar-refractivity contribution in [3.63, 3.8) is 0 Å². The molecule has 0 N–H and O–H groups in total. The van der Waals surface area contributed by atoms with E-state index in [-0.39, 0.29) is 0 Å². The van der Waals surface area contributed by atoms with Gasteiger partial charge in [0.1, 0.15) is 0 Å². The number of fused-ring (bicyclic) bond motifs is 1. The molecule has 1 aromatic rings. The average molecular weight is 224 g/mol. The molecule has 2 aliphatic carbocycles. The quantitative estimate of drug-likeness (QED) is 0.683. The van der Waals surface area contributed by atoms with Crippen molar-refractivity contribution in [2.24, 2.45) is 17.8 Å². The third-order valence-corrected chi connectivity index (χ3v) is 4.43. The van der Waals surface area contributed by atoms with E-state index in [4.69, 9.17) is 0 Å². The predicted octanol–water partition coefficient (Wildman–Crippen LogP) is 4.69. The number of hydrogen-bond donors (Lipinski definition) is 0. The smallest absolute Gasteiger partial charge is 0.00902 e. The summed E-state index contributed by atoms with van der Waals surface area (Å²) >= 11 is 0. The van der Waals surface area contributed by atoms with E-state index < -0.39 is 0 Å². The molecule has 2 aliphatic rings. The lowest BCUT2D eigenvalue weighted by molar-refractivity contribution is 0.514. The van der Waals surface area contributed by atoms with Gasteiger partial charge < -0.3 is 0 Å². The van der Waals surface area contributed by atoms with Gasteiger partial charge in [-0.15, -0.1) is 0 Å². The predicted molar refractivity (Wildman–Crippen MR) is 73.6 cm³/mol. The first-order valence-corrected chi connectivity index (χ1v) is 6.82. The van der Waals surface area contributed by atoms with Gasteiger partial charge in [0.15, 0.2) is 0 Å². The molecular weight excluding hydrogens is 204 g/mol. The van der Waals surface area contributed by atoms with Crippen molar-refractivity contribution in [2.45, 2.75) is 26.2 Å².